The van der Waals surface area contributed by atoms with Crippen molar-refractivity contribution >= 4 is 16.7 Å². The summed E-state index contributed by atoms with van der Waals surface area (Å²) in [5, 5.41) is 3.49. The molecule has 0 fully saturated rings. The van der Waals surface area contributed by atoms with Gasteiger partial charge in [-0.25, -0.2) is 4.98 Å². The van der Waals surface area contributed by atoms with Crippen molar-refractivity contribution < 1.29 is 0 Å². The van der Waals surface area contributed by atoms with Crippen LogP contribution in [0.15, 0.2) is 42.5 Å². The number of aromatic nitrogens is 2. The second kappa shape index (κ2) is 5.60. The summed E-state index contributed by atoms with van der Waals surface area (Å²) in [5.41, 5.74) is 6.08. The van der Waals surface area contributed by atoms with Gasteiger partial charge in [0.15, 0.2) is 0 Å². The van der Waals surface area contributed by atoms with Crippen molar-refractivity contribution in [3.63, 3.8) is 0 Å². The molecule has 0 radical (unpaired) electrons. The first-order chi connectivity index (χ1) is 10.2. The predicted molar refractivity (Wildman–Crippen MR) is 88.8 cm³/mol. The van der Waals surface area contributed by atoms with Gasteiger partial charge in [0.1, 0.15) is 5.82 Å². The van der Waals surface area contributed by atoms with E-state index in [-0.39, 0.29) is 0 Å². The highest BCUT2D eigenvalue weighted by Gasteiger charge is 2.09. The van der Waals surface area contributed by atoms with Crippen molar-refractivity contribution in [1.82, 2.24) is 9.55 Å². The molecule has 21 heavy (non-hydrogen) atoms. The van der Waals surface area contributed by atoms with Crippen LogP contribution in [0.2, 0.25) is 0 Å². The van der Waals surface area contributed by atoms with E-state index in [1.165, 1.54) is 22.3 Å². The number of aryl methyl sites for hydroxylation is 3. The number of imidazole rings is 1. The number of fused-ring (bicyclic) bond motifs is 1. The molecule has 0 aliphatic heterocycles. The van der Waals surface area contributed by atoms with Crippen molar-refractivity contribution in [2.75, 3.05) is 11.9 Å². The predicted octanol–water partition coefficient (Wildman–Crippen LogP) is 3.84. The fraction of sp³-hybridized carbons (Fsp3) is 0.278. The Balaban J connectivity index is 1.76. The average Bonchev–Trinajstić information content (AvgIpc) is 2.79. The van der Waals surface area contributed by atoms with E-state index >= 15 is 0 Å². The number of anilines is 1. The van der Waals surface area contributed by atoms with Crippen LogP contribution >= 0.6 is 0 Å². The van der Waals surface area contributed by atoms with Crippen molar-refractivity contribution in [2.45, 2.75) is 20.3 Å². The molecule has 2 aromatic carbocycles. The van der Waals surface area contributed by atoms with Gasteiger partial charge in [0, 0.05) is 25.7 Å². The lowest BCUT2D eigenvalue weighted by Crippen LogP contribution is -2.09. The summed E-state index contributed by atoms with van der Waals surface area (Å²) in [6.45, 7) is 5.15. The van der Waals surface area contributed by atoms with E-state index in [9.17, 15) is 0 Å². The van der Waals surface area contributed by atoms with E-state index in [2.05, 4.69) is 73.2 Å². The van der Waals surface area contributed by atoms with Gasteiger partial charge in [-0.3, -0.25) is 0 Å². The Morgan fingerprint density at radius 2 is 1.76 bits per heavy atom. The minimum absolute atomic E-state index is 0.890. The van der Waals surface area contributed by atoms with E-state index in [0.29, 0.717) is 0 Å². The number of hydrogen-bond donors (Lipinski definition) is 1. The Hall–Kier alpha value is -2.29. The third kappa shape index (κ3) is 2.64. The summed E-state index contributed by atoms with van der Waals surface area (Å²) < 4.78 is 2.21. The zero-order valence-electron chi connectivity index (χ0n) is 12.9. The largest absolute Gasteiger partial charge is 0.384 e. The molecule has 0 amide bonds. The Morgan fingerprint density at radius 1 is 1.00 bits per heavy atom. The zero-order chi connectivity index (χ0) is 14.8. The van der Waals surface area contributed by atoms with Crippen LogP contribution in [-0.2, 0) is 13.5 Å². The van der Waals surface area contributed by atoms with Crippen LogP contribution in [-0.4, -0.2) is 16.1 Å². The normalized spacial score (nSPS) is 11.0. The molecular weight excluding hydrogens is 258 g/mol. The van der Waals surface area contributed by atoms with Crippen molar-refractivity contribution in [1.29, 1.82) is 0 Å². The fourth-order valence-electron chi connectivity index (χ4n) is 2.82. The highest BCUT2D eigenvalue weighted by Crippen LogP contribution is 2.19. The lowest BCUT2D eigenvalue weighted by atomic mass is 10.2. The Bertz CT molecular complexity index is 771. The quantitative estimate of drug-likeness (QED) is 0.786. The van der Waals surface area contributed by atoms with Gasteiger partial charge in [-0.2, -0.15) is 0 Å². The molecule has 0 aliphatic rings. The Kier molecular flexibility index (Phi) is 3.65. The SMILES string of the molecule is Cc1ccccc1NCCc1nc2cccc(C)c2n1C. The van der Waals surface area contributed by atoms with E-state index in [1.807, 2.05) is 0 Å². The summed E-state index contributed by atoms with van der Waals surface area (Å²) in [4.78, 5) is 4.75. The van der Waals surface area contributed by atoms with Crippen molar-refractivity contribution in [2.24, 2.45) is 7.05 Å². The molecule has 3 heteroatoms. The van der Waals surface area contributed by atoms with Crippen LogP contribution in [0.4, 0.5) is 5.69 Å². The molecule has 1 aromatic heterocycles. The second-order valence-electron chi connectivity index (χ2n) is 5.52. The molecule has 3 aromatic rings. The average molecular weight is 279 g/mol. The molecule has 0 saturated carbocycles. The van der Waals surface area contributed by atoms with Gasteiger partial charge < -0.3 is 9.88 Å². The fourth-order valence-corrected chi connectivity index (χ4v) is 2.82. The highest BCUT2D eigenvalue weighted by atomic mass is 15.1. The van der Waals surface area contributed by atoms with Gasteiger partial charge in [0.05, 0.1) is 11.0 Å². The minimum Gasteiger partial charge on any atom is -0.384 e. The summed E-state index contributed by atoms with van der Waals surface area (Å²) in [6, 6.07) is 14.7. The van der Waals surface area contributed by atoms with Crippen LogP contribution < -0.4 is 5.32 Å². The number of nitrogens with one attached hydrogen (secondary N) is 1. The van der Waals surface area contributed by atoms with Crippen LogP contribution in [0.5, 0.6) is 0 Å². The van der Waals surface area contributed by atoms with Gasteiger partial charge in [-0.15, -0.1) is 0 Å². The molecule has 0 bridgehead atoms. The summed E-state index contributed by atoms with van der Waals surface area (Å²) in [5.74, 6) is 1.13. The first kappa shape index (κ1) is 13.7. The van der Waals surface area contributed by atoms with Crippen molar-refractivity contribution in [3.8, 4) is 0 Å². The molecule has 0 unspecified atom stereocenters. The maximum atomic E-state index is 4.75. The first-order valence-electron chi connectivity index (χ1n) is 7.37. The summed E-state index contributed by atoms with van der Waals surface area (Å²) in [6.07, 6.45) is 0.916. The number of hydrogen-bond acceptors (Lipinski definition) is 2. The molecule has 0 spiro atoms. The van der Waals surface area contributed by atoms with Gasteiger partial charge in [-0.1, -0.05) is 30.3 Å². The van der Waals surface area contributed by atoms with Crippen LogP contribution in [0.3, 0.4) is 0 Å². The molecule has 0 saturated heterocycles. The monoisotopic (exact) mass is 279 g/mol. The third-order valence-electron chi connectivity index (χ3n) is 4.00. The second-order valence-corrected chi connectivity index (χ2v) is 5.52. The zero-order valence-corrected chi connectivity index (χ0v) is 12.9. The summed E-state index contributed by atoms with van der Waals surface area (Å²) in [7, 11) is 2.10. The highest BCUT2D eigenvalue weighted by molar-refractivity contribution is 5.79. The lowest BCUT2D eigenvalue weighted by Gasteiger charge is -2.09. The van der Waals surface area contributed by atoms with Gasteiger partial charge in [-0.05, 0) is 37.1 Å². The number of benzene rings is 2. The molecule has 108 valence electrons. The number of nitrogens with zero attached hydrogens (tertiary/aromatic N) is 2. The van der Waals surface area contributed by atoms with Crippen molar-refractivity contribution in [3.05, 3.63) is 59.4 Å². The topological polar surface area (TPSA) is 29.9 Å². The maximum Gasteiger partial charge on any atom is 0.111 e. The number of para-hydroxylation sites is 2. The molecule has 1 heterocycles. The molecule has 3 nitrogen and oxygen atoms in total. The smallest absolute Gasteiger partial charge is 0.111 e. The molecule has 1 N–H and O–H groups in total. The minimum atomic E-state index is 0.890. The molecule has 0 atom stereocenters. The van der Waals surface area contributed by atoms with E-state index in [1.54, 1.807) is 0 Å². The number of rotatable bonds is 4. The van der Waals surface area contributed by atoms with Gasteiger partial charge in [0.2, 0.25) is 0 Å². The third-order valence-corrected chi connectivity index (χ3v) is 4.00. The van der Waals surface area contributed by atoms with Crippen LogP contribution in [0.1, 0.15) is 17.0 Å². The molecule has 0 aliphatic carbocycles. The molecule has 3 rings (SSSR count). The maximum absolute atomic E-state index is 4.75. The Morgan fingerprint density at radius 3 is 2.52 bits per heavy atom. The standard InChI is InChI=1S/C18H21N3/c1-13-7-4-5-9-15(13)19-12-11-17-20-16-10-6-8-14(2)18(16)21(17)3/h4-10,19H,11-12H2,1-3H3. The Labute approximate surface area is 125 Å². The van der Waals surface area contributed by atoms with E-state index < -0.39 is 0 Å². The van der Waals surface area contributed by atoms with Crippen LogP contribution in [0.25, 0.3) is 11.0 Å². The van der Waals surface area contributed by atoms with Crippen LogP contribution in [0, 0.1) is 13.8 Å². The lowest BCUT2D eigenvalue weighted by molar-refractivity contribution is 0.806. The van der Waals surface area contributed by atoms with Gasteiger partial charge in [0.25, 0.3) is 0 Å². The van der Waals surface area contributed by atoms with E-state index in [4.69, 9.17) is 4.98 Å². The summed E-state index contributed by atoms with van der Waals surface area (Å²) >= 11 is 0. The molecular formula is C18H21N3. The van der Waals surface area contributed by atoms with E-state index in [0.717, 1.165) is 24.3 Å². The first-order valence-corrected chi connectivity index (χ1v) is 7.37. The van der Waals surface area contributed by atoms with Gasteiger partial charge >= 0.3 is 0 Å².